The number of aliphatic carboxylic acids is 1. The highest BCUT2D eigenvalue weighted by Gasteiger charge is 2.38. The van der Waals surface area contributed by atoms with Crippen molar-refractivity contribution in [1.29, 1.82) is 0 Å². The smallest absolute Gasteiger partial charge is 0.478 e. The van der Waals surface area contributed by atoms with Gasteiger partial charge in [-0.25, -0.2) is 22.4 Å². The maximum Gasteiger partial charge on any atom is 0.490 e. The first-order chi connectivity index (χ1) is 15.8. The second-order valence-electron chi connectivity index (χ2n) is 7.30. The van der Waals surface area contributed by atoms with E-state index in [0.717, 1.165) is 50.9 Å². The molecular formula is C21H22F4N2O6S. The molecule has 0 aliphatic carbocycles. The largest absolute Gasteiger partial charge is 0.490 e. The number of carboxylic acid groups (broad SMARTS) is 2. The van der Waals surface area contributed by atoms with Gasteiger partial charge in [-0.15, -0.1) is 0 Å². The summed E-state index contributed by atoms with van der Waals surface area (Å²) >= 11 is 0. The molecule has 186 valence electrons. The van der Waals surface area contributed by atoms with Crippen molar-refractivity contribution in [3.05, 3.63) is 53.8 Å². The summed E-state index contributed by atoms with van der Waals surface area (Å²) in [5, 5.41) is 16.7. The van der Waals surface area contributed by atoms with Crippen LogP contribution in [0.1, 0.15) is 36.0 Å². The maximum absolute atomic E-state index is 13.3. The van der Waals surface area contributed by atoms with Crippen molar-refractivity contribution in [2.24, 2.45) is 0 Å². The molecular weight excluding hydrogens is 484 g/mol. The van der Waals surface area contributed by atoms with Crippen LogP contribution in [-0.4, -0.2) is 49.8 Å². The lowest BCUT2D eigenvalue weighted by Gasteiger charge is -2.24. The van der Waals surface area contributed by atoms with Crippen molar-refractivity contribution in [3.8, 4) is 0 Å². The van der Waals surface area contributed by atoms with E-state index in [4.69, 9.17) is 9.90 Å². The van der Waals surface area contributed by atoms with Crippen LogP contribution in [0.3, 0.4) is 0 Å². The Kier molecular flexibility index (Phi) is 8.85. The van der Waals surface area contributed by atoms with E-state index < -0.39 is 34.0 Å². The number of anilines is 2. The van der Waals surface area contributed by atoms with E-state index in [-0.39, 0.29) is 16.1 Å². The van der Waals surface area contributed by atoms with Crippen molar-refractivity contribution in [2.75, 3.05) is 22.7 Å². The normalized spacial score (nSPS) is 14.4. The fraction of sp³-hybridized carbons (Fsp3) is 0.333. The summed E-state index contributed by atoms with van der Waals surface area (Å²) in [6.07, 6.45) is -0.866. The van der Waals surface area contributed by atoms with Crippen molar-refractivity contribution in [1.82, 2.24) is 0 Å². The van der Waals surface area contributed by atoms with Gasteiger partial charge in [-0.3, -0.25) is 4.72 Å². The molecule has 0 spiro atoms. The summed E-state index contributed by atoms with van der Waals surface area (Å²) in [4.78, 5) is 22.4. The number of hydrogen-bond donors (Lipinski definition) is 3. The zero-order valence-electron chi connectivity index (χ0n) is 17.7. The standard InChI is InChI=1S/C19H21FN2O4S.C2HF3O2/c20-14-6-5-7-16(12-14)27(25,26)21-15-8-9-18(17(13-15)19(23)24)22-10-3-1-2-4-11-22;3-2(4,5)1(6)7/h5-9,12-13,21H,1-4,10-11H2,(H,23,24);(H,6,7). The Balaban J connectivity index is 0.000000509. The van der Waals surface area contributed by atoms with Gasteiger partial charge in [0.1, 0.15) is 5.82 Å². The molecule has 3 rings (SSSR count). The number of alkyl halides is 3. The van der Waals surface area contributed by atoms with Crippen molar-refractivity contribution in [2.45, 2.75) is 36.8 Å². The first kappa shape index (κ1) is 26.9. The van der Waals surface area contributed by atoms with E-state index in [1.54, 1.807) is 6.07 Å². The summed E-state index contributed by atoms with van der Waals surface area (Å²) in [6, 6.07) is 9.09. The van der Waals surface area contributed by atoms with E-state index in [0.29, 0.717) is 5.69 Å². The van der Waals surface area contributed by atoms with Crippen LogP contribution in [0.4, 0.5) is 28.9 Å². The molecule has 2 aromatic rings. The number of hydrogen-bond acceptors (Lipinski definition) is 5. The molecule has 0 unspecified atom stereocenters. The predicted molar refractivity (Wildman–Crippen MR) is 115 cm³/mol. The Morgan fingerprint density at radius 2 is 1.53 bits per heavy atom. The van der Waals surface area contributed by atoms with Gasteiger partial charge in [0.2, 0.25) is 0 Å². The number of carbonyl (C=O) groups is 2. The molecule has 0 radical (unpaired) electrons. The molecule has 1 aliphatic heterocycles. The number of benzene rings is 2. The Hall–Kier alpha value is -3.35. The van der Waals surface area contributed by atoms with Gasteiger partial charge in [-0.05, 0) is 49.2 Å². The van der Waals surface area contributed by atoms with E-state index in [2.05, 4.69) is 4.72 Å². The third kappa shape index (κ3) is 7.61. The molecule has 8 nitrogen and oxygen atoms in total. The number of nitrogens with one attached hydrogen (secondary N) is 1. The van der Waals surface area contributed by atoms with Crippen LogP contribution in [0, 0.1) is 5.82 Å². The van der Waals surface area contributed by atoms with E-state index in [9.17, 15) is 35.9 Å². The average Bonchev–Trinajstić information content (AvgIpc) is 3.02. The van der Waals surface area contributed by atoms with Crippen LogP contribution in [0.25, 0.3) is 0 Å². The number of carboxylic acids is 2. The van der Waals surface area contributed by atoms with Crippen LogP contribution < -0.4 is 9.62 Å². The van der Waals surface area contributed by atoms with Gasteiger partial charge in [-0.1, -0.05) is 18.9 Å². The predicted octanol–water partition coefficient (Wildman–Crippen LogP) is 4.34. The topological polar surface area (TPSA) is 124 Å². The lowest BCUT2D eigenvalue weighted by molar-refractivity contribution is -0.192. The third-order valence-corrected chi connectivity index (χ3v) is 6.15. The molecule has 0 aromatic heterocycles. The molecule has 34 heavy (non-hydrogen) atoms. The van der Waals surface area contributed by atoms with Crippen LogP contribution in [0.15, 0.2) is 47.4 Å². The Morgan fingerprint density at radius 1 is 0.941 bits per heavy atom. The zero-order chi connectivity index (χ0) is 25.5. The Morgan fingerprint density at radius 3 is 2.03 bits per heavy atom. The van der Waals surface area contributed by atoms with Crippen molar-refractivity contribution < 1.29 is 45.8 Å². The van der Waals surface area contributed by atoms with Crippen LogP contribution in [0.2, 0.25) is 0 Å². The zero-order valence-corrected chi connectivity index (χ0v) is 18.5. The van der Waals surface area contributed by atoms with Gasteiger partial charge in [0.15, 0.2) is 0 Å². The lowest BCUT2D eigenvalue weighted by Crippen LogP contribution is -2.26. The van der Waals surface area contributed by atoms with Gasteiger partial charge in [0.25, 0.3) is 10.0 Å². The van der Waals surface area contributed by atoms with Crippen LogP contribution in [0.5, 0.6) is 0 Å². The number of halogens is 4. The summed E-state index contributed by atoms with van der Waals surface area (Å²) in [5.41, 5.74) is 0.740. The molecule has 3 N–H and O–H groups in total. The first-order valence-electron chi connectivity index (χ1n) is 10.0. The highest BCUT2D eigenvalue weighted by atomic mass is 32.2. The molecule has 2 aromatic carbocycles. The summed E-state index contributed by atoms with van der Waals surface area (Å²) < 4.78 is 72.2. The molecule has 13 heteroatoms. The van der Waals surface area contributed by atoms with Gasteiger partial charge in [0.05, 0.1) is 16.1 Å². The fourth-order valence-corrected chi connectivity index (χ4v) is 4.29. The summed E-state index contributed by atoms with van der Waals surface area (Å²) in [5.74, 6) is -4.55. The van der Waals surface area contributed by atoms with E-state index in [1.807, 2.05) is 4.90 Å². The minimum Gasteiger partial charge on any atom is -0.478 e. The number of sulfonamides is 1. The summed E-state index contributed by atoms with van der Waals surface area (Å²) in [7, 11) is -4.02. The van der Waals surface area contributed by atoms with Gasteiger partial charge in [-0.2, -0.15) is 13.2 Å². The molecule has 0 bridgehead atoms. The molecule has 0 amide bonds. The van der Waals surface area contributed by atoms with Gasteiger partial charge >= 0.3 is 18.1 Å². The molecule has 1 heterocycles. The molecule has 0 atom stereocenters. The molecule has 0 saturated carbocycles. The molecule has 1 aliphatic rings. The van der Waals surface area contributed by atoms with E-state index in [1.165, 1.54) is 24.3 Å². The number of nitrogens with zero attached hydrogens (tertiary/aromatic N) is 1. The third-order valence-electron chi connectivity index (χ3n) is 4.77. The SMILES string of the molecule is O=C(O)C(F)(F)F.O=C(O)c1cc(NS(=O)(=O)c2cccc(F)c2)ccc1N1CCCCCC1. The number of rotatable bonds is 5. The lowest BCUT2D eigenvalue weighted by atomic mass is 10.1. The summed E-state index contributed by atoms with van der Waals surface area (Å²) in [6.45, 7) is 1.54. The second kappa shape index (κ2) is 11.2. The van der Waals surface area contributed by atoms with Crippen LogP contribution >= 0.6 is 0 Å². The Labute approximate surface area is 192 Å². The fourth-order valence-electron chi connectivity index (χ4n) is 3.21. The van der Waals surface area contributed by atoms with Crippen molar-refractivity contribution in [3.63, 3.8) is 0 Å². The van der Waals surface area contributed by atoms with Crippen molar-refractivity contribution >= 4 is 33.3 Å². The minimum atomic E-state index is -5.08. The number of aromatic carboxylic acids is 1. The first-order valence-corrected chi connectivity index (χ1v) is 11.5. The van der Waals surface area contributed by atoms with Crippen LogP contribution in [-0.2, 0) is 14.8 Å². The monoisotopic (exact) mass is 506 g/mol. The average molecular weight is 506 g/mol. The van der Waals surface area contributed by atoms with E-state index >= 15 is 0 Å². The highest BCUT2D eigenvalue weighted by Crippen LogP contribution is 2.28. The molecule has 1 saturated heterocycles. The van der Waals surface area contributed by atoms with Gasteiger partial charge in [0, 0.05) is 18.8 Å². The maximum atomic E-state index is 13.3. The second-order valence-corrected chi connectivity index (χ2v) is 8.99. The molecule has 1 fully saturated rings. The van der Waals surface area contributed by atoms with Gasteiger partial charge < -0.3 is 15.1 Å². The Bertz CT molecular complexity index is 1130. The quantitative estimate of drug-likeness (QED) is 0.516. The highest BCUT2D eigenvalue weighted by molar-refractivity contribution is 7.92. The minimum absolute atomic E-state index is 0.0383.